The quantitative estimate of drug-likeness (QED) is 0.0821. The molecular formula is C27H57FO3Si. The van der Waals surface area contributed by atoms with Crippen LogP contribution in [0.3, 0.4) is 0 Å². The predicted molar refractivity (Wildman–Crippen MR) is 140 cm³/mol. The van der Waals surface area contributed by atoms with E-state index in [4.69, 9.17) is 14.2 Å². The van der Waals surface area contributed by atoms with Gasteiger partial charge in [-0.15, -0.1) is 0 Å². The first-order valence-electron chi connectivity index (χ1n) is 14.0. The fourth-order valence-corrected chi connectivity index (χ4v) is 5.72. The highest BCUT2D eigenvalue weighted by Gasteiger charge is 2.56. The monoisotopic (exact) mass is 476 g/mol. The summed E-state index contributed by atoms with van der Waals surface area (Å²) in [5, 5.41) is -1.45. The van der Waals surface area contributed by atoms with Crippen molar-refractivity contribution in [1.29, 1.82) is 0 Å². The summed E-state index contributed by atoms with van der Waals surface area (Å²) in [4.78, 5) is 0. The third-order valence-electron chi connectivity index (χ3n) is 6.56. The maximum absolute atomic E-state index is 16.4. The Labute approximate surface area is 203 Å². The van der Waals surface area contributed by atoms with Crippen LogP contribution in [-0.4, -0.2) is 47.2 Å². The number of hydrogen-bond donors (Lipinski definition) is 0. The molecular weight excluding hydrogens is 419 g/mol. The lowest BCUT2D eigenvalue weighted by atomic mass is 9.93. The van der Waals surface area contributed by atoms with Gasteiger partial charge in [0, 0.05) is 19.8 Å². The minimum atomic E-state index is -1.45. The van der Waals surface area contributed by atoms with Crippen molar-refractivity contribution in [2.24, 2.45) is 0 Å². The molecule has 0 rings (SSSR count). The molecule has 2 unspecified atom stereocenters. The number of unbranched alkanes of at least 4 members (excludes halogenated alkanes) is 12. The molecule has 0 saturated carbocycles. The molecule has 0 saturated heterocycles. The van der Waals surface area contributed by atoms with Crippen LogP contribution in [0.4, 0.5) is 4.39 Å². The van der Waals surface area contributed by atoms with Gasteiger partial charge in [0.25, 0.3) is 0 Å². The molecule has 0 bridgehead atoms. The third kappa shape index (κ3) is 12.5. The maximum atomic E-state index is 16.4. The van der Waals surface area contributed by atoms with Crippen LogP contribution in [0, 0.1) is 0 Å². The smallest absolute Gasteiger partial charge is 0.225 e. The Bertz CT molecular complexity index is 400. The summed E-state index contributed by atoms with van der Waals surface area (Å²) in [5.41, 5.74) is 0. The number of rotatable bonds is 24. The lowest BCUT2D eigenvalue weighted by Crippen LogP contribution is -2.63. The van der Waals surface area contributed by atoms with Crippen LogP contribution in [0.2, 0.25) is 0 Å². The topological polar surface area (TPSA) is 27.7 Å². The van der Waals surface area contributed by atoms with Gasteiger partial charge in [0.05, 0.1) is 10.2 Å². The molecule has 0 spiro atoms. The summed E-state index contributed by atoms with van der Waals surface area (Å²) in [6.07, 6.45) is 18.0. The fourth-order valence-electron chi connectivity index (χ4n) is 4.75. The van der Waals surface area contributed by atoms with E-state index in [1.165, 1.54) is 70.6 Å². The van der Waals surface area contributed by atoms with Gasteiger partial charge in [-0.25, -0.2) is 4.39 Å². The van der Waals surface area contributed by atoms with Gasteiger partial charge in [-0.3, -0.25) is 0 Å². The zero-order valence-electron chi connectivity index (χ0n) is 22.6. The van der Waals surface area contributed by atoms with Crippen LogP contribution >= 0.6 is 0 Å². The molecule has 0 heterocycles. The van der Waals surface area contributed by atoms with Gasteiger partial charge in [-0.1, -0.05) is 104 Å². The molecule has 32 heavy (non-hydrogen) atoms. The highest BCUT2D eigenvalue weighted by molar-refractivity contribution is 6.15. The predicted octanol–water partition coefficient (Wildman–Crippen LogP) is 7.47. The van der Waals surface area contributed by atoms with E-state index in [9.17, 15) is 0 Å². The Hall–Kier alpha value is 0.0269. The number of ether oxygens (including phenoxy) is 3. The first-order chi connectivity index (χ1) is 15.5. The Morgan fingerprint density at radius 3 is 1.50 bits per heavy atom. The van der Waals surface area contributed by atoms with Gasteiger partial charge in [-0.2, -0.15) is 0 Å². The summed E-state index contributed by atoms with van der Waals surface area (Å²) in [7, 11) is 0.373. The first kappa shape index (κ1) is 32.0. The SMILES string of the molecule is CCCCCCCCCCCC(OCC)C(OCC)(OCC)C(F)([SiH3])CCCCCCC. The van der Waals surface area contributed by atoms with E-state index >= 15 is 4.39 Å². The number of alkyl halides is 1. The molecule has 0 amide bonds. The second-order valence-corrected chi connectivity index (χ2v) is 11.0. The van der Waals surface area contributed by atoms with Crippen molar-refractivity contribution in [3.8, 4) is 0 Å². The molecule has 0 radical (unpaired) electrons. The molecule has 0 aromatic carbocycles. The zero-order valence-corrected chi connectivity index (χ0v) is 24.6. The third-order valence-corrected chi connectivity index (χ3v) is 7.75. The van der Waals surface area contributed by atoms with Gasteiger partial charge < -0.3 is 14.2 Å². The van der Waals surface area contributed by atoms with Crippen LogP contribution in [0.25, 0.3) is 0 Å². The Morgan fingerprint density at radius 2 is 1.06 bits per heavy atom. The molecule has 0 N–H and O–H groups in total. The fraction of sp³-hybridized carbons (Fsp3) is 1.00. The van der Waals surface area contributed by atoms with Crippen molar-refractivity contribution >= 4 is 10.2 Å². The van der Waals surface area contributed by atoms with E-state index in [0.29, 0.717) is 36.5 Å². The number of halogens is 1. The molecule has 0 aromatic heterocycles. The lowest BCUT2D eigenvalue weighted by molar-refractivity contribution is -0.328. The largest absolute Gasteiger partial charge is 0.373 e. The van der Waals surface area contributed by atoms with Gasteiger partial charge in [-0.05, 0) is 33.6 Å². The minimum Gasteiger partial charge on any atom is -0.373 e. The second-order valence-electron chi connectivity index (χ2n) is 9.46. The molecule has 0 fully saturated rings. The van der Waals surface area contributed by atoms with E-state index in [-0.39, 0.29) is 6.10 Å². The lowest BCUT2D eigenvalue weighted by Gasteiger charge is -2.47. The van der Waals surface area contributed by atoms with Crippen molar-refractivity contribution < 1.29 is 18.6 Å². The van der Waals surface area contributed by atoms with Crippen molar-refractivity contribution in [3.63, 3.8) is 0 Å². The van der Waals surface area contributed by atoms with Crippen LogP contribution in [0.5, 0.6) is 0 Å². The Balaban J connectivity index is 4.98. The van der Waals surface area contributed by atoms with Crippen LogP contribution in [-0.2, 0) is 14.2 Å². The van der Waals surface area contributed by atoms with Crippen molar-refractivity contribution in [2.45, 2.75) is 155 Å². The maximum Gasteiger partial charge on any atom is 0.225 e. The summed E-state index contributed by atoms with van der Waals surface area (Å²) in [5.74, 6) is -1.27. The average Bonchev–Trinajstić information content (AvgIpc) is 2.76. The molecule has 5 heteroatoms. The van der Waals surface area contributed by atoms with Gasteiger partial charge >= 0.3 is 0 Å². The van der Waals surface area contributed by atoms with E-state index in [0.717, 1.165) is 25.7 Å². The second kappa shape index (κ2) is 20.4. The zero-order chi connectivity index (χ0) is 24.1. The van der Waals surface area contributed by atoms with Gasteiger partial charge in [0.2, 0.25) is 5.79 Å². The van der Waals surface area contributed by atoms with Crippen LogP contribution in [0.1, 0.15) is 137 Å². The molecule has 0 aliphatic rings. The standard InChI is InChI=1S/C27H57FO3Si/c1-6-11-13-15-16-17-18-19-21-23-25(29-8-3)27(30-9-4,31-10-5)26(28,32)24-22-20-14-12-7-2/h25H,6-24H2,1-5,32H3. The van der Waals surface area contributed by atoms with Gasteiger partial charge in [0.1, 0.15) is 11.4 Å². The van der Waals surface area contributed by atoms with Crippen LogP contribution < -0.4 is 0 Å². The first-order valence-corrected chi connectivity index (χ1v) is 15.0. The van der Waals surface area contributed by atoms with Crippen molar-refractivity contribution in [2.75, 3.05) is 19.8 Å². The van der Waals surface area contributed by atoms with Crippen molar-refractivity contribution in [3.05, 3.63) is 0 Å². The molecule has 194 valence electrons. The van der Waals surface area contributed by atoms with E-state index < -0.39 is 11.1 Å². The van der Waals surface area contributed by atoms with Crippen molar-refractivity contribution in [1.82, 2.24) is 0 Å². The van der Waals surface area contributed by atoms with E-state index in [1.807, 2.05) is 20.8 Å². The molecule has 0 aliphatic heterocycles. The highest BCUT2D eigenvalue weighted by atomic mass is 28.1. The summed E-state index contributed by atoms with van der Waals surface area (Å²) in [6, 6.07) is 0. The summed E-state index contributed by atoms with van der Waals surface area (Å²) >= 11 is 0. The Morgan fingerprint density at radius 1 is 0.625 bits per heavy atom. The summed E-state index contributed by atoms with van der Waals surface area (Å²) < 4.78 is 34.9. The molecule has 2 atom stereocenters. The molecule has 3 nitrogen and oxygen atoms in total. The van der Waals surface area contributed by atoms with Gasteiger partial charge in [0.15, 0.2) is 0 Å². The summed E-state index contributed by atoms with van der Waals surface area (Å²) in [6.45, 7) is 11.8. The molecule has 0 aliphatic carbocycles. The van der Waals surface area contributed by atoms with Crippen LogP contribution in [0.15, 0.2) is 0 Å². The van der Waals surface area contributed by atoms with E-state index in [1.54, 1.807) is 0 Å². The highest BCUT2D eigenvalue weighted by Crippen LogP contribution is 2.40. The normalized spacial score (nSPS) is 15.2. The number of hydrogen-bond acceptors (Lipinski definition) is 3. The van der Waals surface area contributed by atoms with E-state index in [2.05, 4.69) is 13.8 Å². The Kier molecular flexibility index (Phi) is 20.4. The minimum absolute atomic E-state index is 0.352. The molecule has 0 aromatic rings. The average molecular weight is 477 g/mol.